The first-order chi connectivity index (χ1) is 16.9. The number of rotatable bonds is 9. The van der Waals surface area contributed by atoms with E-state index in [1.54, 1.807) is 14.0 Å². The van der Waals surface area contributed by atoms with Gasteiger partial charge in [0.2, 0.25) is 0 Å². The van der Waals surface area contributed by atoms with E-state index < -0.39 is 0 Å². The first-order valence-corrected chi connectivity index (χ1v) is 11.4. The predicted octanol–water partition coefficient (Wildman–Crippen LogP) is 5.11. The fourth-order valence-corrected chi connectivity index (χ4v) is 4.27. The summed E-state index contributed by atoms with van der Waals surface area (Å²) in [6.07, 6.45) is 0.200. The number of aryl methyl sites for hydroxylation is 2. The highest BCUT2D eigenvalue weighted by Gasteiger charge is 2.17. The molecule has 1 N–H and O–H groups in total. The van der Waals surface area contributed by atoms with Crippen molar-refractivity contribution in [2.75, 3.05) is 20.3 Å². The van der Waals surface area contributed by atoms with Crippen molar-refractivity contribution >= 4 is 39.3 Å². The Kier molecular flexibility index (Phi) is 7.27. The van der Waals surface area contributed by atoms with Crippen molar-refractivity contribution in [1.29, 1.82) is 0 Å². The van der Waals surface area contributed by atoms with Crippen molar-refractivity contribution < 1.29 is 24.3 Å². The molecule has 0 aliphatic carbocycles. The third-order valence-corrected chi connectivity index (χ3v) is 6.17. The minimum Gasteiger partial charge on any atom is -0.463 e. The lowest BCUT2D eigenvalue weighted by Gasteiger charge is -2.09. The number of aromatic nitrogens is 1. The smallest absolute Gasteiger partial charge is 0.307 e. The van der Waals surface area contributed by atoms with Gasteiger partial charge in [0.05, 0.1) is 18.7 Å². The summed E-state index contributed by atoms with van der Waals surface area (Å²) in [5.41, 5.74) is 5.25. The Hall–Kier alpha value is -3.97. The molecule has 0 aliphatic heterocycles. The van der Waals surface area contributed by atoms with Gasteiger partial charge in [-0.05, 0) is 55.3 Å². The molecular formula is C28H28N2O5. The Morgan fingerprint density at radius 1 is 0.943 bits per heavy atom. The van der Waals surface area contributed by atoms with Gasteiger partial charge in [0.1, 0.15) is 6.61 Å². The van der Waals surface area contributed by atoms with Gasteiger partial charge in [-0.15, -0.1) is 0 Å². The molecule has 1 aromatic heterocycles. The third-order valence-electron chi connectivity index (χ3n) is 6.17. The molecule has 4 aromatic rings. The number of carbonyl (C=O) groups excluding carboxylic acids is 2. The van der Waals surface area contributed by atoms with Crippen LogP contribution in [0.15, 0.2) is 65.8 Å². The lowest BCUT2D eigenvalue weighted by Crippen LogP contribution is -2.12. The van der Waals surface area contributed by atoms with Crippen molar-refractivity contribution in [3.63, 3.8) is 0 Å². The average molecular weight is 473 g/mol. The molecule has 7 nitrogen and oxygen atoms in total. The maximum absolute atomic E-state index is 13.3. The Bertz CT molecular complexity index is 1430. The zero-order valence-electron chi connectivity index (χ0n) is 20.1. The van der Waals surface area contributed by atoms with Crippen molar-refractivity contribution in [2.45, 2.75) is 26.8 Å². The lowest BCUT2D eigenvalue weighted by molar-refractivity contribution is -0.145. The Balaban J connectivity index is 1.79. The molecule has 4 rings (SSSR count). The average Bonchev–Trinajstić information content (AvgIpc) is 3.19. The molecule has 7 heteroatoms. The Morgan fingerprint density at radius 2 is 1.60 bits per heavy atom. The number of ketones is 1. The summed E-state index contributed by atoms with van der Waals surface area (Å²) in [4.78, 5) is 25.5. The molecule has 0 saturated carbocycles. The summed E-state index contributed by atoms with van der Waals surface area (Å²) in [6.45, 7) is 4.64. The van der Waals surface area contributed by atoms with Gasteiger partial charge in [-0.2, -0.15) is 0 Å². The van der Waals surface area contributed by atoms with Crippen LogP contribution in [0, 0.1) is 6.92 Å². The van der Waals surface area contributed by atoms with Crippen LogP contribution in [0.2, 0.25) is 0 Å². The molecule has 0 unspecified atom stereocenters. The minimum atomic E-state index is -0.303. The molecule has 35 heavy (non-hydrogen) atoms. The highest BCUT2D eigenvalue weighted by molar-refractivity contribution is 6.16. The predicted molar refractivity (Wildman–Crippen MR) is 136 cm³/mol. The third kappa shape index (κ3) is 4.95. The molecule has 1 heterocycles. The van der Waals surface area contributed by atoms with Crippen LogP contribution in [0.4, 0.5) is 0 Å². The monoisotopic (exact) mass is 472 g/mol. The van der Waals surface area contributed by atoms with Crippen LogP contribution in [-0.4, -0.2) is 47.6 Å². The Morgan fingerprint density at radius 3 is 2.26 bits per heavy atom. The van der Waals surface area contributed by atoms with Crippen LogP contribution in [0.25, 0.3) is 21.8 Å². The molecule has 0 spiro atoms. The van der Waals surface area contributed by atoms with Gasteiger partial charge < -0.3 is 19.2 Å². The van der Waals surface area contributed by atoms with Crippen molar-refractivity contribution in [1.82, 2.24) is 4.57 Å². The molecule has 0 aliphatic rings. The first kappa shape index (κ1) is 24.2. The Labute approximate surface area is 203 Å². The maximum atomic E-state index is 13.3. The molecule has 0 radical (unpaired) electrons. The molecule has 3 aromatic carbocycles. The second-order valence-corrected chi connectivity index (χ2v) is 8.41. The number of esters is 1. The zero-order valence-corrected chi connectivity index (χ0v) is 20.1. The molecule has 0 amide bonds. The topological polar surface area (TPSA) is 90.1 Å². The van der Waals surface area contributed by atoms with E-state index in [1.807, 2.05) is 67.6 Å². The number of benzene rings is 3. The van der Waals surface area contributed by atoms with Crippen LogP contribution >= 0.6 is 0 Å². The number of hydrogen-bond donors (Lipinski definition) is 1. The van der Waals surface area contributed by atoms with Crippen LogP contribution in [-0.2, 0) is 20.8 Å². The SMILES string of the molecule is COCCOC(=O)CCn1c2ccc(C(=O)c3ccccc3C)cc2c2cc(/C(C)=N/O)ccc21. The van der Waals surface area contributed by atoms with E-state index in [-0.39, 0.29) is 24.8 Å². The van der Waals surface area contributed by atoms with Crippen molar-refractivity contribution in [3.05, 3.63) is 82.9 Å². The quantitative estimate of drug-likeness (QED) is 0.0913. The van der Waals surface area contributed by atoms with Crippen LogP contribution < -0.4 is 0 Å². The lowest BCUT2D eigenvalue weighted by atomic mass is 9.97. The summed E-state index contributed by atoms with van der Waals surface area (Å²) >= 11 is 0. The number of oxime groups is 1. The largest absolute Gasteiger partial charge is 0.463 e. The van der Waals surface area contributed by atoms with Gasteiger partial charge in [0.25, 0.3) is 0 Å². The van der Waals surface area contributed by atoms with E-state index in [2.05, 4.69) is 9.72 Å². The van der Waals surface area contributed by atoms with Crippen LogP contribution in [0.5, 0.6) is 0 Å². The standard InChI is InChI=1S/C28H28N2O5/c1-18-6-4-5-7-22(18)28(32)21-9-11-26-24(17-21)23-16-20(19(2)29-33)8-10-25(23)30(26)13-12-27(31)35-15-14-34-3/h4-11,16-17,33H,12-15H2,1-3H3/b29-19+. The van der Waals surface area contributed by atoms with Crippen molar-refractivity contribution in [2.24, 2.45) is 5.16 Å². The van der Waals surface area contributed by atoms with Gasteiger partial charge in [0, 0.05) is 46.6 Å². The number of fused-ring (bicyclic) bond motifs is 3. The van der Waals surface area contributed by atoms with Gasteiger partial charge >= 0.3 is 5.97 Å². The molecule has 0 saturated heterocycles. The van der Waals surface area contributed by atoms with E-state index in [9.17, 15) is 14.8 Å². The maximum Gasteiger partial charge on any atom is 0.307 e. The highest BCUT2D eigenvalue weighted by atomic mass is 16.6. The van der Waals surface area contributed by atoms with E-state index in [0.29, 0.717) is 30.0 Å². The molecule has 0 bridgehead atoms. The summed E-state index contributed by atoms with van der Waals surface area (Å²) in [5, 5.41) is 14.4. The van der Waals surface area contributed by atoms with E-state index >= 15 is 0 Å². The summed E-state index contributed by atoms with van der Waals surface area (Å²) in [6, 6.07) is 18.9. The van der Waals surface area contributed by atoms with Gasteiger partial charge in [-0.3, -0.25) is 9.59 Å². The summed E-state index contributed by atoms with van der Waals surface area (Å²) in [5.74, 6) is -0.347. The van der Waals surface area contributed by atoms with E-state index in [0.717, 1.165) is 32.9 Å². The van der Waals surface area contributed by atoms with Crippen LogP contribution in [0.3, 0.4) is 0 Å². The number of nitrogens with zero attached hydrogens (tertiary/aromatic N) is 2. The van der Waals surface area contributed by atoms with Gasteiger partial charge in [0.15, 0.2) is 5.78 Å². The second kappa shape index (κ2) is 10.5. The van der Waals surface area contributed by atoms with Crippen LogP contribution in [0.1, 0.15) is 40.4 Å². The number of methoxy groups -OCH3 is 1. The molecule has 0 atom stereocenters. The molecule has 0 fully saturated rings. The number of ether oxygens (including phenoxy) is 2. The number of carbonyl (C=O) groups is 2. The second-order valence-electron chi connectivity index (χ2n) is 8.41. The normalized spacial score (nSPS) is 11.8. The molecule has 180 valence electrons. The fraction of sp³-hybridized carbons (Fsp3) is 0.250. The van der Waals surface area contributed by atoms with Crippen molar-refractivity contribution in [3.8, 4) is 0 Å². The molecular weight excluding hydrogens is 444 g/mol. The summed E-state index contributed by atoms with van der Waals surface area (Å²) in [7, 11) is 1.56. The van der Waals surface area contributed by atoms with Gasteiger partial charge in [-0.25, -0.2) is 0 Å². The van der Waals surface area contributed by atoms with Gasteiger partial charge in [-0.1, -0.05) is 35.5 Å². The minimum absolute atomic E-state index is 0.0446. The number of hydrogen-bond acceptors (Lipinski definition) is 6. The first-order valence-electron chi connectivity index (χ1n) is 11.4. The highest BCUT2D eigenvalue weighted by Crippen LogP contribution is 2.32. The van der Waals surface area contributed by atoms with E-state index in [1.165, 1.54) is 0 Å². The van der Waals surface area contributed by atoms with E-state index in [4.69, 9.17) is 9.47 Å². The zero-order chi connectivity index (χ0) is 24.9. The fourth-order valence-electron chi connectivity index (χ4n) is 4.27. The summed E-state index contributed by atoms with van der Waals surface area (Å²) < 4.78 is 12.2.